The van der Waals surface area contributed by atoms with Crippen LogP contribution in [0.15, 0.2) is 12.1 Å². The van der Waals surface area contributed by atoms with Crippen LogP contribution in [0, 0.1) is 20.8 Å². The Morgan fingerprint density at radius 1 is 1.16 bits per heavy atom. The lowest BCUT2D eigenvalue weighted by Crippen LogP contribution is -2.45. The molecule has 2 nitrogen and oxygen atoms in total. The van der Waals surface area contributed by atoms with E-state index in [-0.39, 0.29) is 11.6 Å². The molecule has 0 aliphatic rings. The van der Waals surface area contributed by atoms with Gasteiger partial charge in [-0.2, -0.15) is 0 Å². The second-order valence-electron chi connectivity index (χ2n) is 6.34. The van der Waals surface area contributed by atoms with Crippen LogP contribution in [-0.4, -0.2) is 24.0 Å². The van der Waals surface area contributed by atoms with Crippen LogP contribution in [0.1, 0.15) is 55.5 Å². The van der Waals surface area contributed by atoms with Crippen molar-refractivity contribution in [3.8, 4) is 0 Å². The lowest BCUT2D eigenvalue weighted by atomic mass is 9.89. The van der Waals surface area contributed by atoms with Crippen LogP contribution >= 0.6 is 0 Å². The predicted octanol–water partition coefficient (Wildman–Crippen LogP) is 3.73. The Morgan fingerprint density at radius 2 is 1.63 bits per heavy atom. The molecule has 0 radical (unpaired) electrons. The minimum atomic E-state index is 0.161. The highest BCUT2D eigenvalue weighted by Crippen LogP contribution is 2.32. The number of likely N-dealkylation sites (N-methyl/N-ethyl adjacent to an activating group) is 1. The van der Waals surface area contributed by atoms with Crippen LogP contribution in [0.3, 0.4) is 0 Å². The van der Waals surface area contributed by atoms with Crippen molar-refractivity contribution in [1.82, 2.24) is 4.90 Å². The van der Waals surface area contributed by atoms with Crippen LogP contribution < -0.4 is 5.73 Å². The van der Waals surface area contributed by atoms with Crippen LogP contribution in [0.5, 0.6) is 0 Å². The summed E-state index contributed by atoms with van der Waals surface area (Å²) in [5.74, 6) is 0. The summed E-state index contributed by atoms with van der Waals surface area (Å²) in [5.41, 5.74) is 11.7. The van der Waals surface area contributed by atoms with Gasteiger partial charge in [-0.1, -0.05) is 24.6 Å². The van der Waals surface area contributed by atoms with E-state index in [2.05, 4.69) is 65.6 Å². The van der Waals surface area contributed by atoms with E-state index >= 15 is 0 Å². The summed E-state index contributed by atoms with van der Waals surface area (Å²) >= 11 is 0. The summed E-state index contributed by atoms with van der Waals surface area (Å²) in [6.45, 7) is 14.0. The first kappa shape index (κ1) is 16.2. The molecule has 0 aliphatic carbocycles. The lowest BCUT2D eigenvalue weighted by Gasteiger charge is -2.41. The third-order valence-corrected chi connectivity index (χ3v) is 4.58. The number of rotatable bonds is 5. The van der Waals surface area contributed by atoms with Crippen LogP contribution in [0.4, 0.5) is 0 Å². The maximum atomic E-state index is 6.09. The molecule has 0 amide bonds. The summed E-state index contributed by atoms with van der Waals surface area (Å²) < 4.78 is 0. The fourth-order valence-electron chi connectivity index (χ4n) is 2.86. The summed E-state index contributed by atoms with van der Waals surface area (Å²) in [6, 6.07) is 4.81. The molecule has 0 spiro atoms. The molecule has 0 saturated carbocycles. The molecule has 0 heterocycles. The topological polar surface area (TPSA) is 29.3 Å². The van der Waals surface area contributed by atoms with Gasteiger partial charge in [0.05, 0.1) is 0 Å². The second-order valence-corrected chi connectivity index (χ2v) is 6.34. The van der Waals surface area contributed by atoms with Gasteiger partial charge in [-0.15, -0.1) is 0 Å². The molecule has 1 aromatic rings. The number of hydrogen-bond acceptors (Lipinski definition) is 2. The van der Waals surface area contributed by atoms with Crippen molar-refractivity contribution in [2.75, 3.05) is 13.6 Å². The Hall–Kier alpha value is -0.860. The van der Waals surface area contributed by atoms with Gasteiger partial charge < -0.3 is 5.73 Å². The summed E-state index contributed by atoms with van der Waals surface area (Å²) in [6.07, 6.45) is 1.12. The molecule has 2 N–H and O–H groups in total. The molecule has 2 heteroatoms. The smallest absolute Gasteiger partial charge is 0.0477 e. The van der Waals surface area contributed by atoms with Crippen molar-refractivity contribution in [2.45, 2.75) is 59.5 Å². The number of hydrogen-bond donors (Lipinski definition) is 1. The largest absolute Gasteiger partial charge is 0.329 e. The average molecular weight is 262 g/mol. The number of benzene rings is 1. The normalized spacial score (nSPS) is 13.9. The highest BCUT2D eigenvalue weighted by molar-refractivity contribution is 5.40. The Morgan fingerprint density at radius 3 is 2.00 bits per heavy atom. The highest BCUT2D eigenvalue weighted by atomic mass is 15.2. The summed E-state index contributed by atoms with van der Waals surface area (Å²) in [7, 11) is 2.19. The number of aryl methyl sites for hydroxylation is 3. The third kappa shape index (κ3) is 3.37. The van der Waals surface area contributed by atoms with Gasteiger partial charge in [0.2, 0.25) is 0 Å². The minimum absolute atomic E-state index is 0.161. The van der Waals surface area contributed by atoms with E-state index in [1.165, 1.54) is 22.3 Å². The van der Waals surface area contributed by atoms with E-state index in [1.807, 2.05) is 0 Å². The molecule has 0 aliphatic heterocycles. The molecule has 108 valence electrons. The fourth-order valence-corrected chi connectivity index (χ4v) is 2.86. The molecular weight excluding hydrogens is 232 g/mol. The number of nitrogens with two attached hydrogens (primary N) is 1. The number of nitrogens with zero attached hydrogens (tertiary/aromatic N) is 1. The average Bonchev–Trinajstić information content (AvgIpc) is 2.32. The quantitative estimate of drug-likeness (QED) is 0.876. The first-order valence-electron chi connectivity index (χ1n) is 7.25. The fraction of sp³-hybridized carbons (Fsp3) is 0.647. The van der Waals surface area contributed by atoms with Gasteiger partial charge in [0, 0.05) is 18.1 Å². The zero-order valence-electron chi connectivity index (χ0n) is 13.7. The van der Waals surface area contributed by atoms with Crippen LogP contribution in [-0.2, 0) is 0 Å². The van der Waals surface area contributed by atoms with Crippen LogP contribution in [0.2, 0.25) is 0 Å². The molecule has 1 atom stereocenters. The second kappa shape index (κ2) is 6.06. The van der Waals surface area contributed by atoms with E-state index in [0.717, 1.165) is 6.42 Å². The van der Waals surface area contributed by atoms with E-state index in [9.17, 15) is 0 Å². The zero-order valence-corrected chi connectivity index (χ0v) is 13.7. The van der Waals surface area contributed by atoms with E-state index in [1.54, 1.807) is 0 Å². The molecule has 0 saturated heterocycles. The van der Waals surface area contributed by atoms with Crippen molar-refractivity contribution in [1.29, 1.82) is 0 Å². The molecular formula is C17H30N2. The molecule has 1 aromatic carbocycles. The minimum Gasteiger partial charge on any atom is -0.329 e. The summed E-state index contributed by atoms with van der Waals surface area (Å²) in [4.78, 5) is 2.43. The van der Waals surface area contributed by atoms with Gasteiger partial charge in [-0.3, -0.25) is 4.90 Å². The van der Waals surface area contributed by atoms with Gasteiger partial charge >= 0.3 is 0 Å². The monoisotopic (exact) mass is 262 g/mol. The SMILES string of the molecule is CCC(C)(C)N(C)C(CN)c1c(C)cc(C)cc1C. The standard InChI is InChI=1S/C17H30N2/c1-8-17(5,6)19(7)15(11-18)16-13(3)9-12(2)10-14(16)4/h9-10,15H,8,11,18H2,1-7H3. The Balaban J connectivity index is 3.25. The lowest BCUT2D eigenvalue weighted by molar-refractivity contribution is 0.0998. The van der Waals surface area contributed by atoms with Gasteiger partial charge in [0.25, 0.3) is 0 Å². The zero-order chi connectivity index (χ0) is 14.8. The summed E-state index contributed by atoms with van der Waals surface area (Å²) in [5, 5.41) is 0. The van der Waals surface area contributed by atoms with Crippen LogP contribution in [0.25, 0.3) is 0 Å². The van der Waals surface area contributed by atoms with Gasteiger partial charge in [-0.25, -0.2) is 0 Å². The van der Waals surface area contributed by atoms with E-state index in [0.29, 0.717) is 6.54 Å². The van der Waals surface area contributed by atoms with Gasteiger partial charge in [-0.05, 0) is 64.8 Å². The highest BCUT2D eigenvalue weighted by Gasteiger charge is 2.29. The van der Waals surface area contributed by atoms with E-state index in [4.69, 9.17) is 5.73 Å². The van der Waals surface area contributed by atoms with Crippen molar-refractivity contribution in [3.63, 3.8) is 0 Å². The van der Waals surface area contributed by atoms with Crippen molar-refractivity contribution in [2.24, 2.45) is 5.73 Å². The van der Waals surface area contributed by atoms with Crippen molar-refractivity contribution in [3.05, 3.63) is 34.4 Å². The molecule has 19 heavy (non-hydrogen) atoms. The molecule has 0 bridgehead atoms. The van der Waals surface area contributed by atoms with Crippen molar-refractivity contribution >= 4 is 0 Å². The maximum Gasteiger partial charge on any atom is 0.0477 e. The van der Waals surface area contributed by atoms with Gasteiger partial charge in [0.1, 0.15) is 0 Å². The third-order valence-electron chi connectivity index (χ3n) is 4.58. The molecule has 1 rings (SSSR count). The van der Waals surface area contributed by atoms with Crippen molar-refractivity contribution < 1.29 is 0 Å². The predicted molar refractivity (Wildman–Crippen MR) is 84.6 cm³/mol. The first-order chi connectivity index (χ1) is 8.74. The Kier molecular flexibility index (Phi) is 5.17. The molecule has 0 fully saturated rings. The van der Waals surface area contributed by atoms with E-state index < -0.39 is 0 Å². The Bertz CT molecular complexity index is 412. The molecule has 1 unspecified atom stereocenters. The Labute approximate surface area is 119 Å². The first-order valence-corrected chi connectivity index (χ1v) is 7.25. The molecule has 0 aromatic heterocycles. The maximum absolute atomic E-state index is 6.09. The van der Waals surface area contributed by atoms with Gasteiger partial charge in [0.15, 0.2) is 0 Å².